The van der Waals surface area contributed by atoms with E-state index in [1.165, 1.54) is 0 Å². The molecule has 0 amide bonds. The summed E-state index contributed by atoms with van der Waals surface area (Å²) in [5, 5.41) is 0.942. The molecule has 1 aromatic rings. The van der Waals surface area contributed by atoms with Gasteiger partial charge in [0.05, 0.1) is 23.6 Å². The van der Waals surface area contributed by atoms with Crippen LogP contribution in [0.3, 0.4) is 0 Å². The molecule has 2 atom stereocenters. The lowest BCUT2D eigenvalue weighted by Gasteiger charge is -2.15. The van der Waals surface area contributed by atoms with Gasteiger partial charge in [-0.15, -0.1) is 6.58 Å². The Morgan fingerprint density at radius 3 is 2.84 bits per heavy atom. The van der Waals surface area contributed by atoms with E-state index in [1.54, 1.807) is 13.0 Å². The minimum Gasteiger partial charge on any atom is -0.306 e. The molecule has 0 bridgehead atoms. The molecular formula is C14H16ClO3P. The quantitative estimate of drug-likeness (QED) is 0.599. The van der Waals surface area contributed by atoms with Crippen LogP contribution in [0.2, 0.25) is 0 Å². The van der Waals surface area contributed by atoms with Crippen LogP contribution in [0.1, 0.15) is 12.5 Å². The molecule has 5 heteroatoms. The number of hydrogen-bond acceptors (Lipinski definition) is 3. The van der Waals surface area contributed by atoms with Gasteiger partial charge in [0.15, 0.2) is 0 Å². The molecule has 0 radical (unpaired) electrons. The Morgan fingerprint density at radius 2 is 2.26 bits per heavy atom. The van der Waals surface area contributed by atoms with E-state index in [9.17, 15) is 4.57 Å². The lowest BCUT2D eigenvalue weighted by atomic mass is 10.1. The summed E-state index contributed by atoms with van der Waals surface area (Å²) in [5.41, 5.74) is 0.802. The molecule has 1 aliphatic heterocycles. The zero-order valence-electron chi connectivity index (χ0n) is 10.7. The van der Waals surface area contributed by atoms with Gasteiger partial charge in [-0.05, 0) is 12.5 Å². The van der Waals surface area contributed by atoms with Crippen LogP contribution in [0.15, 0.2) is 48.3 Å². The molecule has 1 aliphatic rings. The van der Waals surface area contributed by atoms with E-state index in [2.05, 4.69) is 6.58 Å². The first kappa shape index (κ1) is 14.5. The minimum absolute atomic E-state index is 0.176. The number of hydrogen-bond donors (Lipinski definition) is 0. The monoisotopic (exact) mass is 298 g/mol. The highest BCUT2D eigenvalue weighted by Crippen LogP contribution is 2.66. The molecule has 0 aromatic heterocycles. The first-order valence-corrected chi connectivity index (χ1v) is 8.01. The fourth-order valence-corrected chi connectivity index (χ4v) is 4.58. The molecule has 1 saturated heterocycles. The van der Waals surface area contributed by atoms with Crippen LogP contribution >= 0.6 is 19.2 Å². The molecule has 0 spiro atoms. The van der Waals surface area contributed by atoms with Gasteiger partial charge in [-0.2, -0.15) is 0 Å². The summed E-state index contributed by atoms with van der Waals surface area (Å²) in [6, 6.07) is 9.38. The van der Waals surface area contributed by atoms with Gasteiger partial charge in [-0.1, -0.05) is 48.0 Å². The average molecular weight is 299 g/mol. The summed E-state index contributed by atoms with van der Waals surface area (Å²) in [7, 11) is -3.30. The molecule has 3 nitrogen and oxygen atoms in total. The normalized spacial score (nSPS) is 29.3. The third-order valence-electron chi connectivity index (χ3n) is 2.91. The Balaban J connectivity index is 2.53. The van der Waals surface area contributed by atoms with Gasteiger partial charge in [0, 0.05) is 5.92 Å². The van der Waals surface area contributed by atoms with Gasteiger partial charge in [0.25, 0.3) is 0 Å². The summed E-state index contributed by atoms with van der Waals surface area (Å²) in [6.07, 6.45) is 1.69. The zero-order chi connectivity index (χ0) is 13.9. The van der Waals surface area contributed by atoms with Crippen molar-refractivity contribution in [2.75, 3.05) is 13.2 Å². The molecule has 0 N–H and O–H groups in total. The first-order valence-electron chi connectivity index (χ1n) is 6.09. The van der Waals surface area contributed by atoms with Crippen LogP contribution in [-0.4, -0.2) is 13.2 Å². The summed E-state index contributed by atoms with van der Waals surface area (Å²) in [6.45, 7) is 6.12. The maximum atomic E-state index is 12.7. The second-order valence-electron chi connectivity index (χ2n) is 4.12. The SMILES string of the molecule is C=CC1COP(=O)(OCC)/C1=C(\Cl)c1ccccc1. The van der Waals surface area contributed by atoms with Gasteiger partial charge in [0.1, 0.15) is 0 Å². The van der Waals surface area contributed by atoms with E-state index in [-0.39, 0.29) is 5.92 Å². The van der Waals surface area contributed by atoms with E-state index in [1.807, 2.05) is 30.3 Å². The number of benzene rings is 1. The van der Waals surface area contributed by atoms with Crippen LogP contribution in [-0.2, 0) is 13.6 Å². The Morgan fingerprint density at radius 1 is 1.58 bits per heavy atom. The van der Waals surface area contributed by atoms with Crippen molar-refractivity contribution >= 4 is 24.2 Å². The fraction of sp³-hybridized carbons (Fsp3) is 0.286. The second-order valence-corrected chi connectivity index (χ2v) is 6.49. The number of halogens is 1. The van der Waals surface area contributed by atoms with E-state index in [4.69, 9.17) is 20.6 Å². The van der Waals surface area contributed by atoms with Crippen LogP contribution in [0.5, 0.6) is 0 Å². The maximum Gasteiger partial charge on any atom is 0.359 e. The molecule has 1 heterocycles. The smallest absolute Gasteiger partial charge is 0.306 e. The van der Waals surface area contributed by atoms with Gasteiger partial charge in [-0.3, -0.25) is 4.57 Å². The molecule has 2 unspecified atom stereocenters. The molecule has 102 valence electrons. The van der Waals surface area contributed by atoms with E-state index >= 15 is 0 Å². The summed E-state index contributed by atoms with van der Waals surface area (Å²) < 4.78 is 23.4. The standard InChI is InChI=1S/C14H16ClO3P/c1-3-11-10-18-19(16,17-4-2)14(11)13(15)12-8-6-5-7-9-12/h3,5-9,11H,1,4,10H2,2H3/b14-13-. The Kier molecular flexibility index (Phi) is 4.64. The Bertz CT molecular complexity index is 539. The second kappa shape index (κ2) is 6.06. The predicted molar refractivity (Wildman–Crippen MR) is 78.1 cm³/mol. The minimum atomic E-state index is -3.30. The van der Waals surface area contributed by atoms with Gasteiger partial charge in [-0.25, -0.2) is 0 Å². The highest BCUT2D eigenvalue weighted by molar-refractivity contribution is 7.59. The third kappa shape index (κ3) is 2.85. The highest BCUT2D eigenvalue weighted by atomic mass is 35.5. The topological polar surface area (TPSA) is 35.5 Å². The molecule has 1 aromatic carbocycles. The first-order chi connectivity index (χ1) is 9.12. The van der Waals surface area contributed by atoms with Crippen LogP contribution in [0.25, 0.3) is 5.03 Å². The lowest BCUT2D eigenvalue weighted by molar-refractivity contribution is 0.234. The van der Waals surface area contributed by atoms with Crippen LogP contribution in [0, 0.1) is 5.92 Å². The molecule has 19 heavy (non-hydrogen) atoms. The van der Waals surface area contributed by atoms with Gasteiger partial charge in [0.2, 0.25) is 0 Å². The highest BCUT2D eigenvalue weighted by Gasteiger charge is 2.43. The van der Waals surface area contributed by atoms with Crippen LogP contribution < -0.4 is 0 Å². The maximum absolute atomic E-state index is 12.7. The third-order valence-corrected chi connectivity index (χ3v) is 5.69. The van der Waals surface area contributed by atoms with E-state index < -0.39 is 7.60 Å². The summed E-state index contributed by atoms with van der Waals surface area (Å²) >= 11 is 6.41. The van der Waals surface area contributed by atoms with Crippen molar-refractivity contribution in [1.82, 2.24) is 0 Å². The molecule has 0 saturated carbocycles. The van der Waals surface area contributed by atoms with Crippen molar-refractivity contribution in [3.8, 4) is 0 Å². The number of rotatable bonds is 4. The molecular weight excluding hydrogens is 283 g/mol. The van der Waals surface area contributed by atoms with Crippen molar-refractivity contribution in [1.29, 1.82) is 0 Å². The predicted octanol–water partition coefficient (Wildman–Crippen LogP) is 4.66. The lowest BCUT2D eigenvalue weighted by Crippen LogP contribution is -1.98. The van der Waals surface area contributed by atoms with Crippen LogP contribution in [0.4, 0.5) is 0 Å². The molecule has 0 aliphatic carbocycles. The van der Waals surface area contributed by atoms with Gasteiger partial charge < -0.3 is 9.05 Å². The van der Waals surface area contributed by atoms with E-state index in [0.717, 1.165) is 5.56 Å². The van der Waals surface area contributed by atoms with Crippen molar-refractivity contribution in [3.63, 3.8) is 0 Å². The van der Waals surface area contributed by atoms with Crippen molar-refractivity contribution in [2.24, 2.45) is 5.92 Å². The summed E-state index contributed by atoms with van der Waals surface area (Å²) in [4.78, 5) is 0. The molecule has 1 fully saturated rings. The average Bonchev–Trinajstić information content (AvgIpc) is 2.76. The van der Waals surface area contributed by atoms with Gasteiger partial charge >= 0.3 is 7.60 Å². The zero-order valence-corrected chi connectivity index (χ0v) is 12.4. The van der Waals surface area contributed by atoms with Crippen molar-refractivity contribution in [3.05, 3.63) is 53.9 Å². The largest absolute Gasteiger partial charge is 0.359 e. The molecule has 2 rings (SSSR count). The summed E-state index contributed by atoms with van der Waals surface area (Å²) in [5.74, 6) is -0.176. The van der Waals surface area contributed by atoms with E-state index in [0.29, 0.717) is 23.6 Å². The van der Waals surface area contributed by atoms with Crippen molar-refractivity contribution in [2.45, 2.75) is 6.92 Å². The Hall–Kier alpha value is -0.860. The fourth-order valence-electron chi connectivity index (χ4n) is 2.00. The Labute approximate surface area is 118 Å². The van der Waals surface area contributed by atoms with Crippen molar-refractivity contribution < 1.29 is 13.6 Å².